The van der Waals surface area contributed by atoms with E-state index < -0.39 is 22.4 Å². The molecule has 0 fully saturated rings. The van der Waals surface area contributed by atoms with E-state index in [1.54, 1.807) is 5.51 Å². The first-order valence-electron chi connectivity index (χ1n) is 5.84. The van der Waals surface area contributed by atoms with Gasteiger partial charge in [0.05, 0.1) is 16.1 Å². The van der Waals surface area contributed by atoms with Gasteiger partial charge in [-0.15, -0.1) is 11.3 Å². The molecular formula is C12H10F3N3O2S. The van der Waals surface area contributed by atoms with Crippen molar-refractivity contribution in [1.82, 2.24) is 4.98 Å². The van der Waals surface area contributed by atoms with Gasteiger partial charge in [0.25, 0.3) is 5.69 Å². The zero-order valence-corrected chi connectivity index (χ0v) is 11.4. The first kappa shape index (κ1) is 15.2. The summed E-state index contributed by atoms with van der Waals surface area (Å²) in [6, 6.07) is 2.86. The van der Waals surface area contributed by atoms with Crippen LogP contribution in [-0.2, 0) is 12.6 Å². The summed E-state index contributed by atoms with van der Waals surface area (Å²) in [6.07, 6.45) is -4.21. The Hall–Kier alpha value is -2.16. The third-order valence-electron chi connectivity index (χ3n) is 2.69. The van der Waals surface area contributed by atoms with E-state index in [1.165, 1.54) is 17.4 Å². The van der Waals surface area contributed by atoms with Crippen molar-refractivity contribution in [2.24, 2.45) is 0 Å². The monoisotopic (exact) mass is 317 g/mol. The van der Waals surface area contributed by atoms with E-state index in [-0.39, 0.29) is 5.69 Å². The summed E-state index contributed by atoms with van der Waals surface area (Å²) in [5, 5.41) is 15.3. The van der Waals surface area contributed by atoms with Crippen molar-refractivity contribution >= 4 is 22.7 Å². The Morgan fingerprint density at radius 2 is 2.14 bits per heavy atom. The fourth-order valence-electron chi connectivity index (χ4n) is 1.73. The van der Waals surface area contributed by atoms with Crippen molar-refractivity contribution < 1.29 is 18.1 Å². The predicted molar refractivity (Wildman–Crippen MR) is 72.4 cm³/mol. The second kappa shape index (κ2) is 6.08. The van der Waals surface area contributed by atoms with Gasteiger partial charge in [-0.25, -0.2) is 4.98 Å². The number of nitrogens with zero attached hydrogens (tertiary/aromatic N) is 2. The molecule has 0 aliphatic carbocycles. The van der Waals surface area contributed by atoms with Crippen molar-refractivity contribution in [1.29, 1.82) is 0 Å². The zero-order valence-electron chi connectivity index (χ0n) is 10.6. The molecule has 0 aliphatic heterocycles. The lowest BCUT2D eigenvalue weighted by Crippen LogP contribution is -2.11. The van der Waals surface area contributed by atoms with Crippen molar-refractivity contribution in [3.63, 3.8) is 0 Å². The summed E-state index contributed by atoms with van der Waals surface area (Å²) >= 11 is 1.43. The highest BCUT2D eigenvalue weighted by Gasteiger charge is 2.38. The molecule has 1 aromatic heterocycles. The van der Waals surface area contributed by atoms with Gasteiger partial charge in [0, 0.05) is 30.1 Å². The zero-order chi connectivity index (χ0) is 15.5. The maximum atomic E-state index is 12.8. The number of nitrogens with one attached hydrogen (secondary N) is 1. The number of rotatable bonds is 5. The summed E-state index contributed by atoms with van der Waals surface area (Å²) < 4.78 is 38.4. The van der Waals surface area contributed by atoms with Gasteiger partial charge in [-0.3, -0.25) is 10.1 Å². The van der Waals surface area contributed by atoms with E-state index >= 15 is 0 Å². The van der Waals surface area contributed by atoms with Gasteiger partial charge in [0.2, 0.25) is 0 Å². The number of halogens is 3. The van der Waals surface area contributed by atoms with Crippen molar-refractivity contribution in [2.75, 3.05) is 11.9 Å². The van der Waals surface area contributed by atoms with Crippen molar-refractivity contribution in [3.05, 3.63) is 50.5 Å². The van der Waals surface area contributed by atoms with Crippen LogP contribution in [0.1, 0.15) is 11.3 Å². The highest BCUT2D eigenvalue weighted by Crippen LogP contribution is 2.37. The molecule has 0 saturated carbocycles. The quantitative estimate of drug-likeness (QED) is 0.674. The molecule has 0 bridgehead atoms. The Morgan fingerprint density at radius 1 is 1.38 bits per heavy atom. The van der Waals surface area contributed by atoms with Crippen LogP contribution in [0.2, 0.25) is 0 Å². The summed E-state index contributed by atoms with van der Waals surface area (Å²) in [7, 11) is 0. The second-order valence-electron chi connectivity index (χ2n) is 4.14. The lowest BCUT2D eigenvalue weighted by Gasteiger charge is -2.11. The number of nitro groups is 1. The average Bonchev–Trinajstić information content (AvgIpc) is 2.90. The fraction of sp³-hybridized carbons (Fsp3) is 0.250. The van der Waals surface area contributed by atoms with E-state index in [0.717, 1.165) is 17.8 Å². The Kier molecular flexibility index (Phi) is 4.41. The molecule has 112 valence electrons. The van der Waals surface area contributed by atoms with Gasteiger partial charge in [-0.05, 0) is 12.1 Å². The predicted octanol–water partition coefficient (Wildman–Crippen LogP) is 3.72. The molecule has 1 heterocycles. The van der Waals surface area contributed by atoms with Gasteiger partial charge in [-0.2, -0.15) is 13.2 Å². The first-order valence-corrected chi connectivity index (χ1v) is 6.79. The van der Waals surface area contributed by atoms with Gasteiger partial charge in [0.15, 0.2) is 0 Å². The third-order valence-corrected chi connectivity index (χ3v) is 3.33. The molecular weight excluding hydrogens is 307 g/mol. The Bertz CT molecular complexity index is 629. The standard InChI is InChI=1S/C12H10F3N3O2S/c13-12(14,15)10-5-8(1-2-11(10)18(19)20)16-4-3-9-6-21-7-17-9/h1-2,5-7,16H,3-4H2. The molecule has 0 radical (unpaired) electrons. The van der Waals surface area contributed by atoms with Gasteiger partial charge in [0.1, 0.15) is 5.56 Å². The summed E-state index contributed by atoms with van der Waals surface area (Å²) in [5.41, 5.74) is 0.482. The molecule has 0 aliphatic rings. The molecule has 0 atom stereocenters. The summed E-state index contributed by atoms with van der Waals surface area (Å²) in [6.45, 7) is 0.388. The van der Waals surface area contributed by atoms with E-state index in [9.17, 15) is 23.3 Å². The smallest absolute Gasteiger partial charge is 0.385 e. The number of hydrogen-bond acceptors (Lipinski definition) is 5. The molecule has 2 rings (SSSR count). The van der Waals surface area contributed by atoms with Gasteiger partial charge in [-0.1, -0.05) is 0 Å². The minimum absolute atomic E-state index is 0.183. The molecule has 2 aromatic rings. The molecule has 5 nitrogen and oxygen atoms in total. The maximum Gasteiger partial charge on any atom is 0.423 e. The number of alkyl halides is 3. The highest BCUT2D eigenvalue weighted by atomic mass is 32.1. The van der Waals surface area contributed by atoms with E-state index in [2.05, 4.69) is 10.3 Å². The Balaban J connectivity index is 2.12. The molecule has 1 N–H and O–H groups in total. The molecule has 9 heteroatoms. The second-order valence-corrected chi connectivity index (χ2v) is 4.86. The number of benzene rings is 1. The van der Waals surface area contributed by atoms with Crippen LogP contribution < -0.4 is 5.32 Å². The van der Waals surface area contributed by atoms with Crippen LogP contribution in [0.5, 0.6) is 0 Å². The number of nitro benzene ring substituents is 1. The third kappa shape index (κ3) is 3.91. The fourth-order valence-corrected chi connectivity index (χ4v) is 2.32. The number of aromatic nitrogens is 1. The van der Waals surface area contributed by atoms with Crippen LogP contribution >= 0.6 is 11.3 Å². The SMILES string of the molecule is O=[N+]([O-])c1ccc(NCCc2cscn2)cc1C(F)(F)F. The van der Waals surface area contributed by atoms with Gasteiger partial charge < -0.3 is 5.32 Å². The summed E-state index contributed by atoms with van der Waals surface area (Å²) in [5.74, 6) is 0. The largest absolute Gasteiger partial charge is 0.423 e. The summed E-state index contributed by atoms with van der Waals surface area (Å²) in [4.78, 5) is 13.6. The first-order chi connectivity index (χ1) is 9.88. The van der Waals surface area contributed by atoms with Crippen LogP contribution in [0.4, 0.5) is 24.5 Å². The van der Waals surface area contributed by atoms with Crippen LogP contribution in [0, 0.1) is 10.1 Å². The normalized spacial score (nSPS) is 11.4. The van der Waals surface area contributed by atoms with Crippen LogP contribution in [0.15, 0.2) is 29.1 Å². The average molecular weight is 317 g/mol. The van der Waals surface area contributed by atoms with Crippen LogP contribution in [0.3, 0.4) is 0 Å². The molecule has 0 unspecified atom stereocenters. The number of anilines is 1. The Morgan fingerprint density at radius 3 is 2.71 bits per heavy atom. The molecule has 0 saturated heterocycles. The minimum atomic E-state index is -4.77. The van der Waals surface area contributed by atoms with Crippen LogP contribution in [-0.4, -0.2) is 16.5 Å². The number of hydrogen-bond donors (Lipinski definition) is 1. The van der Waals surface area contributed by atoms with E-state index in [1.807, 2.05) is 5.38 Å². The highest BCUT2D eigenvalue weighted by molar-refractivity contribution is 7.07. The molecule has 0 spiro atoms. The lowest BCUT2D eigenvalue weighted by atomic mass is 10.1. The Labute approximate surface area is 121 Å². The van der Waals surface area contributed by atoms with Crippen LogP contribution in [0.25, 0.3) is 0 Å². The van der Waals surface area contributed by atoms with E-state index in [0.29, 0.717) is 13.0 Å². The molecule has 1 aromatic carbocycles. The molecule has 21 heavy (non-hydrogen) atoms. The molecule has 0 amide bonds. The topological polar surface area (TPSA) is 68.1 Å². The lowest BCUT2D eigenvalue weighted by molar-refractivity contribution is -0.388. The van der Waals surface area contributed by atoms with Gasteiger partial charge >= 0.3 is 6.18 Å². The minimum Gasteiger partial charge on any atom is -0.385 e. The van der Waals surface area contributed by atoms with E-state index in [4.69, 9.17) is 0 Å². The maximum absolute atomic E-state index is 12.8. The van der Waals surface area contributed by atoms with Crippen molar-refractivity contribution in [2.45, 2.75) is 12.6 Å². The van der Waals surface area contributed by atoms with Crippen molar-refractivity contribution in [3.8, 4) is 0 Å². The number of thiazole rings is 1.